The van der Waals surface area contributed by atoms with E-state index in [0.717, 1.165) is 17.9 Å². The van der Waals surface area contributed by atoms with Crippen molar-refractivity contribution in [2.24, 2.45) is 11.7 Å². The van der Waals surface area contributed by atoms with Crippen LogP contribution in [0.2, 0.25) is 0 Å². The average Bonchev–Trinajstić information content (AvgIpc) is 3.02. The lowest BCUT2D eigenvalue weighted by atomic mass is 10.0. The minimum Gasteiger partial charge on any atom is -0.324 e. The van der Waals surface area contributed by atoms with Gasteiger partial charge in [0, 0.05) is 6.04 Å². The fourth-order valence-electron chi connectivity index (χ4n) is 1.65. The smallest absolute Gasteiger partial charge is 0.0991 e. The van der Waals surface area contributed by atoms with Gasteiger partial charge < -0.3 is 5.73 Å². The first-order valence-corrected chi connectivity index (χ1v) is 5.05. The molecule has 2 nitrogen and oxygen atoms in total. The zero-order valence-corrected chi connectivity index (χ0v) is 8.11. The summed E-state index contributed by atoms with van der Waals surface area (Å²) >= 11 is 0. The zero-order valence-electron chi connectivity index (χ0n) is 8.11. The Morgan fingerprint density at radius 2 is 2.00 bits per heavy atom. The molecular weight excluding hydrogens is 172 g/mol. The molecule has 1 aromatic carbocycles. The normalized spacial score (nSPS) is 17.4. The van der Waals surface area contributed by atoms with Crippen LogP contribution in [0.4, 0.5) is 0 Å². The van der Waals surface area contributed by atoms with Crippen LogP contribution in [-0.4, -0.2) is 0 Å². The highest BCUT2D eigenvalue weighted by Crippen LogP contribution is 2.36. The van der Waals surface area contributed by atoms with E-state index in [0.29, 0.717) is 5.56 Å². The first-order chi connectivity index (χ1) is 6.79. The minimum absolute atomic E-state index is 0.148. The summed E-state index contributed by atoms with van der Waals surface area (Å²) in [6, 6.07) is 9.85. The zero-order chi connectivity index (χ0) is 9.97. The molecule has 2 N–H and O–H groups in total. The van der Waals surface area contributed by atoms with Crippen LogP contribution in [0.1, 0.15) is 36.4 Å². The van der Waals surface area contributed by atoms with Gasteiger partial charge >= 0.3 is 0 Å². The van der Waals surface area contributed by atoms with Gasteiger partial charge in [-0.1, -0.05) is 25.0 Å². The molecule has 1 saturated carbocycles. The van der Waals surface area contributed by atoms with Gasteiger partial charge in [0.25, 0.3) is 0 Å². The predicted molar refractivity (Wildman–Crippen MR) is 55.4 cm³/mol. The predicted octanol–water partition coefficient (Wildman–Crippen LogP) is 2.36. The fraction of sp³-hybridized carbons (Fsp3) is 0.417. The van der Waals surface area contributed by atoms with Gasteiger partial charge in [0.15, 0.2) is 0 Å². The molecule has 1 aromatic rings. The Kier molecular flexibility index (Phi) is 2.51. The maximum atomic E-state index is 8.64. The van der Waals surface area contributed by atoms with E-state index in [4.69, 9.17) is 11.0 Å². The van der Waals surface area contributed by atoms with Crippen LogP contribution in [0.5, 0.6) is 0 Å². The van der Waals surface area contributed by atoms with Crippen molar-refractivity contribution in [3.63, 3.8) is 0 Å². The van der Waals surface area contributed by atoms with E-state index in [-0.39, 0.29) is 6.04 Å². The van der Waals surface area contributed by atoms with Crippen molar-refractivity contribution in [2.75, 3.05) is 0 Å². The van der Waals surface area contributed by atoms with Crippen molar-refractivity contribution in [1.29, 1.82) is 5.26 Å². The van der Waals surface area contributed by atoms with Gasteiger partial charge in [-0.25, -0.2) is 0 Å². The molecular formula is C12H14N2. The molecule has 0 heterocycles. The second kappa shape index (κ2) is 3.81. The molecule has 1 fully saturated rings. The van der Waals surface area contributed by atoms with Crippen molar-refractivity contribution in [3.05, 3.63) is 35.4 Å². The van der Waals surface area contributed by atoms with Crippen LogP contribution >= 0.6 is 0 Å². The second-order valence-electron chi connectivity index (χ2n) is 4.02. The van der Waals surface area contributed by atoms with Gasteiger partial charge in [0.2, 0.25) is 0 Å². The Morgan fingerprint density at radius 1 is 1.36 bits per heavy atom. The van der Waals surface area contributed by atoms with Crippen LogP contribution in [-0.2, 0) is 0 Å². The number of nitrogens with two attached hydrogens (primary N) is 1. The molecule has 0 spiro atoms. The third kappa shape index (κ3) is 2.12. The lowest BCUT2D eigenvalue weighted by molar-refractivity contribution is 0.597. The third-order valence-corrected chi connectivity index (χ3v) is 2.75. The average molecular weight is 186 g/mol. The summed E-state index contributed by atoms with van der Waals surface area (Å²) in [6.07, 6.45) is 3.76. The van der Waals surface area contributed by atoms with Crippen molar-refractivity contribution >= 4 is 0 Å². The van der Waals surface area contributed by atoms with Crippen molar-refractivity contribution < 1.29 is 0 Å². The third-order valence-electron chi connectivity index (χ3n) is 2.75. The number of hydrogen-bond acceptors (Lipinski definition) is 2. The van der Waals surface area contributed by atoms with E-state index in [1.54, 1.807) is 0 Å². The summed E-state index contributed by atoms with van der Waals surface area (Å²) in [5.41, 5.74) is 7.89. The number of hydrogen-bond donors (Lipinski definition) is 1. The lowest BCUT2D eigenvalue weighted by Crippen LogP contribution is -2.10. The van der Waals surface area contributed by atoms with Gasteiger partial charge in [0.1, 0.15) is 0 Å². The van der Waals surface area contributed by atoms with Crippen LogP contribution in [0.15, 0.2) is 24.3 Å². The maximum absolute atomic E-state index is 8.64. The molecule has 0 aliphatic heterocycles. The van der Waals surface area contributed by atoms with Gasteiger partial charge in [-0.2, -0.15) is 5.26 Å². The maximum Gasteiger partial charge on any atom is 0.0991 e. The quantitative estimate of drug-likeness (QED) is 0.787. The molecule has 0 saturated heterocycles. The molecule has 2 heteroatoms. The topological polar surface area (TPSA) is 49.8 Å². The van der Waals surface area contributed by atoms with Gasteiger partial charge in [0.05, 0.1) is 11.6 Å². The molecule has 72 valence electrons. The van der Waals surface area contributed by atoms with Crippen molar-refractivity contribution in [3.8, 4) is 6.07 Å². The largest absolute Gasteiger partial charge is 0.324 e. The van der Waals surface area contributed by atoms with Gasteiger partial charge in [-0.15, -0.1) is 0 Å². The number of rotatable bonds is 3. The Balaban J connectivity index is 2.04. The van der Waals surface area contributed by atoms with Crippen LogP contribution in [0.3, 0.4) is 0 Å². The monoisotopic (exact) mass is 186 g/mol. The molecule has 1 atom stereocenters. The van der Waals surface area contributed by atoms with E-state index >= 15 is 0 Å². The Morgan fingerprint density at radius 3 is 2.50 bits per heavy atom. The van der Waals surface area contributed by atoms with Gasteiger partial charge in [-0.3, -0.25) is 0 Å². The summed E-state index contributed by atoms with van der Waals surface area (Å²) < 4.78 is 0. The summed E-state index contributed by atoms with van der Waals surface area (Å²) in [7, 11) is 0. The van der Waals surface area contributed by atoms with E-state index in [9.17, 15) is 0 Å². The first-order valence-electron chi connectivity index (χ1n) is 5.05. The van der Waals surface area contributed by atoms with Gasteiger partial charge in [-0.05, 0) is 30.0 Å². The van der Waals surface area contributed by atoms with Crippen LogP contribution < -0.4 is 5.73 Å². The molecule has 1 aliphatic rings. The van der Waals surface area contributed by atoms with Crippen molar-refractivity contribution in [1.82, 2.24) is 0 Å². The molecule has 14 heavy (non-hydrogen) atoms. The number of nitriles is 1. The molecule has 0 radical (unpaired) electrons. The standard InChI is InChI=1S/C12H14N2/c13-8-10-3-5-11(6-4-10)12(14)7-9-1-2-9/h3-6,9,12H,1-2,7,14H2/t12-/m0/s1. The van der Waals surface area contributed by atoms with E-state index in [2.05, 4.69) is 6.07 Å². The molecule has 0 unspecified atom stereocenters. The summed E-state index contributed by atoms with van der Waals surface area (Å²) in [6.45, 7) is 0. The SMILES string of the molecule is N#Cc1ccc([C@@H](N)CC2CC2)cc1. The summed E-state index contributed by atoms with van der Waals surface area (Å²) in [4.78, 5) is 0. The van der Waals surface area contributed by atoms with Crippen molar-refractivity contribution in [2.45, 2.75) is 25.3 Å². The molecule has 0 bridgehead atoms. The second-order valence-corrected chi connectivity index (χ2v) is 4.02. The number of nitrogens with zero attached hydrogens (tertiary/aromatic N) is 1. The van der Waals surface area contributed by atoms with Crippen LogP contribution in [0, 0.1) is 17.2 Å². The molecule has 0 amide bonds. The molecule has 1 aliphatic carbocycles. The summed E-state index contributed by atoms with van der Waals surface area (Å²) in [5, 5.41) is 8.64. The van der Waals surface area contributed by atoms with E-state index in [1.807, 2.05) is 24.3 Å². The Labute approximate surface area is 84.3 Å². The van der Waals surface area contributed by atoms with E-state index in [1.165, 1.54) is 12.8 Å². The highest BCUT2D eigenvalue weighted by Gasteiger charge is 2.24. The highest BCUT2D eigenvalue weighted by atomic mass is 14.6. The van der Waals surface area contributed by atoms with E-state index < -0.39 is 0 Å². The fourth-order valence-corrected chi connectivity index (χ4v) is 1.65. The van der Waals surface area contributed by atoms with Crippen LogP contribution in [0.25, 0.3) is 0 Å². The highest BCUT2D eigenvalue weighted by molar-refractivity contribution is 5.32. The number of benzene rings is 1. The first kappa shape index (κ1) is 9.23. The minimum atomic E-state index is 0.148. The molecule has 2 rings (SSSR count). The Hall–Kier alpha value is -1.33. The summed E-state index contributed by atoms with van der Waals surface area (Å²) in [5.74, 6) is 0.848. The lowest BCUT2D eigenvalue weighted by Gasteiger charge is -2.10. The Bertz CT molecular complexity index is 344. The molecule has 0 aromatic heterocycles.